The normalized spacial score (nSPS) is 13.6. The molecule has 176 valence electrons. The Labute approximate surface area is 194 Å². The number of hydrogen-bond donors (Lipinski definition) is 3. The van der Waals surface area contributed by atoms with E-state index in [1.807, 2.05) is 36.4 Å². The number of alkyl carbamates (subject to hydrolysis) is 1. The summed E-state index contributed by atoms with van der Waals surface area (Å²) in [6.07, 6.45) is -0.639. The van der Waals surface area contributed by atoms with Crippen LogP contribution >= 0.6 is 0 Å². The van der Waals surface area contributed by atoms with E-state index in [4.69, 9.17) is 4.74 Å². The van der Waals surface area contributed by atoms with Gasteiger partial charge in [0.2, 0.25) is 5.91 Å². The summed E-state index contributed by atoms with van der Waals surface area (Å²) in [6, 6.07) is 16.2. The van der Waals surface area contributed by atoms with Crippen LogP contribution in [-0.2, 0) is 14.3 Å². The molecule has 7 nitrogen and oxygen atoms in total. The molecule has 1 aliphatic carbocycles. The van der Waals surface area contributed by atoms with Crippen LogP contribution in [0.15, 0.2) is 48.5 Å². The van der Waals surface area contributed by atoms with E-state index < -0.39 is 34.5 Å². The Balaban J connectivity index is 1.69. The first-order valence-electron chi connectivity index (χ1n) is 11.0. The molecular formula is C26H32N2O5. The highest BCUT2D eigenvalue weighted by molar-refractivity contribution is 5.90. The topological polar surface area (TPSA) is 105 Å². The molecule has 33 heavy (non-hydrogen) atoms. The van der Waals surface area contributed by atoms with Gasteiger partial charge in [-0.3, -0.25) is 4.79 Å². The predicted molar refractivity (Wildman–Crippen MR) is 126 cm³/mol. The molecule has 0 bridgehead atoms. The Morgan fingerprint density at radius 3 is 1.82 bits per heavy atom. The number of carboxylic acid groups (broad SMARTS) is 1. The smallest absolute Gasteiger partial charge is 0.407 e. The van der Waals surface area contributed by atoms with E-state index >= 15 is 0 Å². The fourth-order valence-electron chi connectivity index (χ4n) is 3.82. The fourth-order valence-corrected chi connectivity index (χ4v) is 3.82. The molecule has 2 aromatic carbocycles. The first-order chi connectivity index (χ1) is 15.3. The van der Waals surface area contributed by atoms with Gasteiger partial charge in [0.15, 0.2) is 0 Å². The minimum Gasteiger partial charge on any atom is -0.480 e. The SMILES string of the molecule is CC(C)(NC(=O)C(C)(C)C(C)(C)NC(=O)OCC1c2ccccc2-c2ccccc21)C(=O)O. The van der Waals surface area contributed by atoms with Crippen LogP contribution < -0.4 is 10.6 Å². The number of aliphatic carboxylic acids is 1. The lowest BCUT2D eigenvalue weighted by Crippen LogP contribution is -2.63. The van der Waals surface area contributed by atoms with E-state index in [9.17, 15) is 19.5 Å². The zero-order valence-electron chi connectivity index (χ0n) is 20.0. The van der Waals surface area contributed by atoms with Gasteiger partial charge in [-0.2, -0.15) is 0 Å². The van der Waals surface area contributed by atoms with Gasteiger partial charge in [0.25, 0.3) is 0 Å². The third-order valence-electron chi connectivity index (χ3n) is 6.85. The van der Waals surface area contributed by atoms with Crippen LogP contribution in [0.25, 0.3) is 11.1 Å². The number of amides is 2. The summed E-state index contributed by atoms with van der Waals surface area (Å²) < 4.78 is 5.61. The molecule has 7 heteroatoms. The molecule has 0 radical (unpaired) electrons. The number of rotatable bonds is 7. The van der Waals surface area contributed by atoms with Crippen LogP contribution in [0.1, 0.15) is 58.6 Å². The van der Waals surface area contributed by atoms with Gasteiger partial charge in [-0.15, -0.1) is 0 Å². The maximum absolute atomic E-state index is 12.9. The third kappa shape index (κ3) is 4.58. The van der Waals surface area contributed by atoms with Crippen molar-refractivity contribution >= 4 is 18.0 Å². The van der Waals surface area contributed by atoms with E-state index in [2.05, 4.69) is 22.8 Å². The summed E-state index contributed by atoms with van der Waals surface area (Å²) in [6.45, 7) is 9.72. The van der Waals surface area contributed by atoms with Crippen molar-refractivity contribution in [2.24, 2.45) is 5.41 Å². The van der Waals surface area contributed by atoms with Crippen molar-refractivity contribution in [1.29, 1.82) is 0 Å². The van der Waals surface area contributed by atoms with Gasteiger partial charge in [-0.1, -0.05) is 48.5 Å². The lowest BCUT2D eigenvalue weighted by molar-refractivity contribution is -0.148. The van der Waals surface area contributed by atoms with Crippen molar-refractivity contribution in [1.82, 2.24) is 10.6 Å². The second kappa shape index (κ2) is 8.54. The standard InChI is InChI=1S/C26H32N2O5/c1-24(2,21(29)27-25(3,4)22(30)31)26(5,6)28-23(32)33-15-20-18-13-9-7-11-16(18)17-12-8-10-14-19(17)20/h7-14,20H,15H2,1-6H3,(H,27,29)(H,28,32)(H,30,31). The Hall–Kier alpha value is -3.35. The lowest BCUT2D eigenvalue weighted by Gasteiger charge is -2.41. The third-order valence-corrected chi connectivity index (χ3v) is 6.85. The maximum atomic E-state index is 12.9. The molecule has 2 amide bonds. The number of ether oxygens (including phenoxy) is 1. The van der Waals surface area contributed by atoms with Crippen LogP contribution in [0.3, 0.4) is 0 Å². The molecule has 3 N–H and O–H groups in total. The van der Waals surface area contributed by atoms with Gasteiger partial charge < -0.3 is 20.5 Å². The Morgan fingerprint density at radius 2 is 1.33 bits per heavy atom. The maximum Gasteiger partial charge on any atom is 0.407 e. The Kier molecular flexibility index (Phi) is 6.29. The number of carboxylic acids is 1. The monoisotopic (exact) mass is 452 g/mol. The molecular weight excluding hydrogens is 420 g/mol. The second-order valence-electron chi connectivity index (χ2n) is 10.1. The van der Waals surface area contributed by atoms with Crippen molar-refractivity contribution in [3.05, 3.63) is 59.7 Å². The molecule has 0 saturated carbocycles. The molecule has 0 fully saturated rings. The molecule has 2 aromatic rings. The number of hydrogen-bond acceptors (Lipinski definition) is 4. The van der Waals surface area contributed by atoms with Crippen LogP contribution in [0.5, 0.6) is 0 Å². The Morgan fingerprint density at radius 1 is 0.848 bits per heavy atom. The zero-order chi connectivity index (χ0) is 24.6. The van der Waals surface area contributed by atoms with Gasteiger partial charge in [0.1, 0.15) is 12.1 Å². The quantitative estimate of drug-likeness (QED) is 0.581. The molecule has 0 aliphatic heterocycles. The van der Waals surface area contributed by atoms with Crippen molar-refractivity contribution in [2.45, 2.75) is 58.5 Å². The zero-order valence-corrected chi connectivity index (χ0v) is 20.0. The van der Waals surface area contributed by atoms with E-state index in [1.165, 1.54) is 13.8 Å². The van der Waals surface area contributed by atoms with Gasteiger partial charge >= 0.3 is 12.1 Å². The van der Waals surface area contributed by atoms with Gasteiger partial charge in [-0.05, 0) is 63.8 Å². The number of nitrogens with one attached hydrogen (secondary N) is 2. The summed E-state index contributed by atoms with van der Waals surface area (Å²) in [5, 5.41) is 14.7. The molecule has 0 unspecified atom stereocenters. The lowest BCUT2D eigenvalue weighted by atomic mass is 9.73. The summed E-state index contributed by atoms with van der Waals surface area (Å²) in [4.78, 5) is 37.0. The average Bonchev–Trinajstić information content (AvgIpc) is 3.05. The molecule has 0 spiro atoms. The number of fused-ring (bicyclic) bond motifs is 3. The fraction of sp³-hybridized carbons (Fsp3) is 0.423. The predicted octanol–water partition coefficient (Wildman–Crippen LogP) is 4.31. The molecule has 0 aromatic heterocycles. The minimum atomic E-state index is -1.44. The highest BCUT2D eigenvalue weighted by Crippen LogP contribution is 2.44. The van der Waals surface area contributed by atoms with Gasteiger partial charge in [-0.25, -0.2) is 9.59 Å². The first kappa shape index (κ1) is 24.3. The molecule has 0 atom stereocenters. The minimum absolute atomic E-state index is 0.0704. The number of carbonyl (C=O) groups is 3. The Bertz CT molecular complexity index is 1040. The van der Waals surface area contributed by atoms with Crippen LogP contribution in [0, 0.1) is 5.41 Å². The second-order valence-corrected chi connectivity index (χ2v) is 10.1. The first-order valence-corrected chi connectivity index (χ1v) is 11.0. The summed E-state index contributed by atoms with van der Waals surface area (Å²) in [7, 11) is 0. The van der Waals surface area contributed by atoms with E-state index in [1.54, 1.807) is 27.7 Å². The van der Waals surface area contributed by atoms with E-state index in [0.29, 0.717) is 0 Å². The molecule has 0 saturated heterocycles. The average molecular weight is 453 g/mol. The largest absolute Gasteiger partial charge is 0.480 e. The van der Waals surface area contributed by atoms with Crippen LogP contribution in [-0.4, -0.2) is 40.8 Å². The number of benzene rings is 2. The van der Waals surface area contributed by atoms with Gasteiger partial charge in [0, 0.05) is 5.92 Å². The highest BCUT2D eigenvalue weighted by Gasteiger charge is 2.47. The van der Waals surface area contributed by atoms with Crippen molar-refractivity contribution in [3.8, 4) is 11.1 Å². The highest BCUT2D eigenvalue weighted by atomic mass is 16.5. The summed E-state index contributed by atoms with van der Waals surface area (Å²) >= 11 is 0. The molecule has 1 aliphatic rings. The van der Waals surface area contributed by atoms with Crippen molar-refractivity contribution < 1.29 is 24.2 Å². The molecule has 3 rings (SSSR count). The van der Waals surface area contributed by atoms with Gasteiger partial charge in [0.05, 0.1) is 11.0 Å². The van der Waals surface area contributed by atoms with E-state index in [-0.39, 0.29) is 12.5 Å². The molecule has 0 heterocycles. The number of carbonyl (C=O) groups excluding carboxylic acids is 2. The summed E-state index contributed by atoms with van der Waals surface area (Å²) in [5.41, 5.74) is 0.929. The van der Waals surface area contributed by atoms with Crippen molar-refractivity contribution in [2.75, 3.05) is 6.61 Å². The van der Waals surface area contributed by atoms with Crippen molar-refractivity contribution in [3.63, 3.8) is 0 Å². The van der Waals surface area contributed by atoms with Crippen LogP contribution in [0.2, 0.25) is 0 Å². The summed E-state index contributed by atoms with van der Waals surface area (Å²) in [5.74, 6) is -1.70. The van der Waals surface area contributed by atoms with Crippen LogP contribution in [0.4, 0.5) is 4.79 Å². The van der Waals surface area contributed by atoms with E-state index in [0.717, 1.165) is 22.3 Å².